The van der Waals surface area contributed by atoms with Gasteiger partial charge in [-0.3, -0.25) is 4.90 Å². The Morgan fingerprint density at radius 1 is 0.765 bits per heavy atom. The zero-order valence-electron chi connectivity index (χ0n) is 13.2. The molecule has 1 aliphatic rings. The van der Waals surface area contributed by atoms with Gasteiger partial charge in [0.05, 0.1) is 0 Å². The van der Waals surface area contributed by atoms with E-state index in [2.05, 4.69) is 60.3 Å². The van der Waals surface area contributed by atoms with Crippen molar-refractivity contribution >= 4 is 0 Å². The molecule has 0 N–H and O–H groups in total. The number of hydrogen-bond donors (Lipinski definition) is 0. The van der Waals surface area contributed by atoms with Crippen LogP contribution in [0.5, 0.6) is 0 Å². The molecular weight excluding hydrogens is 206 g/mol. The van der Waals surface area contributed by atoms with Crippen LogP contribution in [0.25, 0.3) is 0 Å². The average Bonchev–Trinajstić information content (AvgIpc) is 2.56. The molecule has 1 nitrogen and oxygen atoms in total. The molecule has 3 unspecified atom stereocenters. The number of rotatable bonds is 4. The van der Waals surface area contributed by atoms with Gasteiger partial charge in [0.25, 0.3) is 0 Å². The lowest BCUT2D eigenvalue weighted by Crippen LogP contribution is -2.42. The Bertz CT molecular complexity index is 206. The first-order valence-corrected chi connectivity index (χ1v) is 7.53. The Labute approximate surface area is 109 Å². The highest BCUT2D eigenvalue weighted by molar-refractivity contribution is 4.97. The maximum atomic E-state index is 2.76. The third kappa shape index (κ3) is 3.05. The monoisotopic (exact) mass is 239 g/mol. The van der Waals surface area contributed by atoms with Gasteiger partial charge in [-0.25, -0.2) is 0 Å². The topological polar surface area (TPSA) is 3.24 Å². The molecule has 17 heavy (non-hydrogen) atoms. The predicted octanol–water partition coefficient (Wildman–Crippen LogP) is 4.28. The molecule has 102 valence electrons. The smallest absolute Gasteiger partial charge is 0.0155 e. The van der Waals surface area contributed by atoms with E-state index in [0.717, 1.165) is 35.6 Å². The Hall–Kier alpha value is -0.0400. The predicted molar refractivity (Wildman–Crippen MR) is 77.1 cm³/mol. The molecule has 1 heteroatoms. The molecule has 1 fully saturated rings. The van der Waals surface area contributed by atoms with Crippen molar-refractivity contribution in [3.63, 3.8) is 0 Å². The van der Waals surface area contributed by atoms with Gasteiger partial charge in [0.1, 0.15) is 0 Å². The standard InChI is InChI=1S/C16H33N/c1-10(2)14-9-17(13(7)8)16(12(5)6)15(14)11(3)4/h10-16H,9H2,1-8H3. The first-order valence-electron chi connectivity index (χ1n) is 7.53. The second-order valence-electron chi connectivity index (χ2n) is 7.25. The molecule has 0 aromatic carbocycles. The average molecular weight is 239 g/mol. The van der Waals surface area contributed by atoms with Gasteiger partial charge < -0.3 is 0 Å². The molecule has 3 atom stereocenters. The maximum absolute atomic E-state index is 2.76. The lowest BCUT2D eigenvalue weighted by molar-refractivity contribution is 0.121. The molecule has 1 saturated heterocycles. The van der Waals surface area contributed by atoms with E-state index in [1.54, 1.807) is 0 Å². The van der Waals surface area contributed by atoms with Gasteiger partial charge in [-0.15, -0.1) is 0 Å². The highest BCUT2D eigenvalue weighted by atomic mass is 15.2. The van der Waals surface area contributed by atoms with E-state index in [4.69, 9.17) is 0 Å². The number of hydrogen-bond acceptors (Lipinski definition) is 1. The molecule has 0 amide bonds. The molecule has 0 aliphatic carbocycles. The van der Waals surface area contributed by atoms with Gasteiger partial charge in [0.15, 0.2) is 0 Å². The van der Waals surface area contributed by atoms with Crippen LogP contribution in [-0.4, -0.2) is 23.5 Å². The van der Waals surface area contributed by atoms with Crippen LogP contribution in [0.15, 0.2) is 0 Å². The quantitative estimate of drug-likeness (QED) is 0.708. The summed E-state index contributed by atoms with van der Waals surface area (Å²) in [5.74, 6) is 4.14. The fourth-order valence-corrected chi connectivity index (χ4v) is 3.89. The lowest BCUT2D eigenvalue weighted by atomic mass is 9.74. The second kappa shape index (κ2) is 5.73. The molecule has 1 aliphatic heterocycles. The summed E-state index contributed by atoms with van der Waals surface area (Å²) in [5.41, 5.74) is 0. The van der Waals surface area contributed by atoms with Crippen LogP contribution < -0.4 is 0 Å². The highest BCUT2D eigenvalue weighted by Crippen LogP contribution is 2.42. The van der Waals surface area contributed by atoms with Gasteiger partial charge in [-0.1, -0.05) is 41.5 Å². The van der Waals surface area contributed by atoms with Gasteiger partial charge >= 0.3 is 0 Å². The van der Waals surface area contributed by atoms with Crippen LogP contribution in [0.1, 0.15) is 55.4 Å². The molecule has 0 saturated carbocycles. The van der Waals surface area contributed by atoms with E-state index in [-0.39, 0.29) is 0 Å². The zero-order chi connectivity index (χ0) is 13.3. The summed E-state index contributed by atoms with van der Waals surface area (Å²) in [5, 5.41) is 0. The summed E-state index contributed by atoms with van der Waals surface area (Å²) in [7, 11) is 0. The number of likely N-dealkylation sites (tertiary alicyclic amines) is 1. The largest absolute Gasteiger partial charge is 0.297 e. The molecule has 0 aromatic rings. The second-order valence-corrected chi connectivity index (χ2v) is 7.25. The van der Waals surface area contributed by atoms with E-state index < -0.39 is 0 Å². The highest BCUT2D eigenvalue weighted by Gasteiger charge is 2.45. The Morgan fingerprint density at radius 2 is 1.29 bits per heavy atom. The first kappa shape index (κ1) is 15.0. The molecule has 0 aromatic heterocycles. The Morgan fingerprint density at radius 3 is 1.59 bits per heavy atom. The van der Waals surface area contributed by atoms with Crippen LogP contribution >= 0.6 is 0 Å². The molecule has 0 radical (unpaired) electrons. The van der Waals surface area contributed by atoms with Gasteiger partial charge in [-0.05, 0) is 43.4 Å². The summed E-state index contributed by atoms with van der Waals surface area (Å²) in [6, 6.07) is 1.47. The summed E-state index contributed by atoms with van der Waals surface area (Å²) >= 11 is 0. The van der Waals surface area contributed by atoms with E-state index in [9.17, 15) is 0 Å². The van der Waals surface area contributed by atoms with Crippen LogP contribution in [0.4, 0.5) is 0 Å². The fourth-order valence-electron chi connectivity index (χ4n) is 3.89. The van der Waals surface area contributed by atoms with Crippen LogP contribution in [-0.2, 0) is 0 Å². The molecular formula is C16H33N. The minimum absolute atomic E-state index is 0.687. The van der Waals surface area contributed by atoms with E-state index in [1.807, 2.05) is 0 Å². The first-order chi connectivity index (χ1) is 7.77. The van der Waals surface area contributed by atoms with Crippen molar-refractivity contribution in [1.82, 2.24) is 4.90 Å². The van der Waals surface area contributed by atoms with Crippen LogP contribution in [0, 0.1) is 29.6 Å². The number of nitrogens with zero attached hydrogens (tertiary/aromatic N) is 1. The third-order valence-corrected chi connectivity index (χ3v) is 4.67. The van der Waals surface area contributed by atoms with Crippen LogP contribution in [0.3, 0.4) is 0 Å². The van der Waals surface area contributed by atoms with E-state index in [1.165, 1.54) is 6.54 Å². The molecule has 1 rings (SSSR count). The van der Waals surface area contributed by atoms with Gasteiger partial charge in [0.2, 0.25) is 0 Å². The maximum Gasteiger partial charge on any atom is 0.0155 e. The normalized spacial score (nSPS) is 31.4. The molecule has 0 bridgehead atoms. The van der Waals surface area contributed by atoms with Crippen LogP contribution in [0.2, 0.25) is 0 Å². The van der Waals surface area contributed by atoms with E-state index in [0.29, 0.717) is 6.04 Å². The summed E-state index contributed by atoms with van der Waals surface area (Å²) < 4.78 is 0. The van der Waals surface area contributed by atoms with Crippen molar-refractivity contribution in [3.05, 3.63) is 0 Å². The summed E-state index contributed by atoms with van der Waals surface area (Å²) in [6.07, 6.45) is 0. The van der Waals surface area contributed by atoms with Crippen molar-refractivity contribution < 1.29 is 0 Å². The van der Waals surface area contributed by atoms with Crippen molar-refractivity contribution in [2.45, 2.75) is 67.5 Å². The molecule has 1 heterocycles. The third-order valence-electron chi connectivity index (χ3n) is 4.67. The minimum atomic E-state index is 0.687. The SMILES string of the molecule is CC(C)C1CN(C(C)C)C(C(C)C)C1C(C)C. The van der Waals surface area contributed by atoms with Crippen molar-refractivity contribution in [2.75, 3.05) is 6.54 Å². The Kier molecular flexibility index (Phi) is 5.07. The van der Waals surface area contributed by atoms with Crippen molar-refractivity contribution in [3.8, 4) is 0 Å². The lowest BCUT2D eigenvalue weighted by Gasteiger charge is -2.36. The summed E-state index contributed by atoms with van der Waals surface area (Å²) in [4.78, 5) is 2.76. The summed E-state index contributed by atoms with van der Waals surface area (Å²) in [6.45, 7) is 20.5. The van der Waals surface area contributed by atoms with E-state index >= 15 is 0 Å². The van der Waals surface area contributed by atoms with Crippen molar-refractivity contribution in [1.29, 1.82) is 0 Å². The Balaban J connectivity index is 3.00. The fraction of sp³-hybridized carbons (Fsp3) is 1.00. The van der Waals surface area contributed by atoms with Gasteiger partial charge in [0, 0.05) is 18.6 Å². The molecule has 0 spiro atoms. The zero-order valence-corrected chi connectivity index (χ0v) is 13.2. The van der Waals surface area contributed by atoms with Crippen molar-refractivity contribution in [2.24, 2.45) is 29.6 Å². The van der Waals surface area contributed by atoms with Gasteiger partial charge in [-0.2, -0.15) is 0 Å². The minimum Gasteiger partial charge on any atom is -0.297 e.